The highest BCUT2D eigenvalue weighted by Gasteiger charge is 1.80. The van der Waals surface area contributed by atoms with Gasteiger partial charge >= 0.3 is 5.97 Å². The number of aliphatic carboxylic acids is 1. The molecule has 0 atom stereocenters. The summed E-state index contributed by atoms with van der Waals surface area (Å²) in [5, 5.41) is 16.1. The molecular weight excluding hydrogens is 130 g/mol. The van der Waals surface area contributed by atoms with Gasteiger partial charge in [-0.2, -0.15) is 5.26 Å². The van der Waals surface area contributed by atoms with E-state index in [1.54, 1.807) is 12.1 Å². The highest BCUT2D eigenvalue weighted by molar-refractivity contribution is 5.79. The number of allylic oxidation sites excluding steroid dienone is 3. The van der Waals surface area contributed by atoms with Gasteiger partial charge in [-0.15, -0.1) is 0 Å². The van der Waals surface area contributed by atoms with Crippen LogP contribution in [0, 0.1) is 11.3 Å². The standard InChI is InChI=1S/C7H7NO2/c8-6-4-2-1-3-5-7(9)10/h2-5H,1H2,(H,9,10)/b4-2+,5-3?. The Bertz CT molecular complexity index is 198. The molecule has 0 rings (SSSR count). The molecule has 0 aliphatic heterocycles. The predicted molar refractivity (Wildman–Crippen MR) is 36.1 cm³/mol. The Morgan fingerprint density at radius 1 is 1.60 bits per heavy atom. The first-order chi connectivity index (χ1) is 4.77. The molecular formula is C7H7NO2. The highest BCUT2D eigenvalue weighted by Crippen LogP contribution is 1.84. The molecule has 3 heteroatoms. The first-order valence-corrected chi connectivity index (χ1v) is 2.71. The van der Waals surface area contributed by atoms with Crippen LogP contribution in [0.3, 0.4) is 0 Å². The number of nitriles is 1. The quantitative estimate of drug-likeness (QED) is 0.468. The van der Waals surface area contributed by atoms with E-state index < -0.39 is 5.97 Å². The van der Waals surface area contributed by atoms with Crippen molar-refractivity contribution in [2.24, 2.45) is 0 Å². The van der Waals surface area contributed by atoms with Gasteiger partial charge in [0.05, 0.1) is 6.07 Å². The van der Waals surface area contributed by atoms with E-state index >= 15 is 0 Å². The van der Waals surface area contributed by atoms with Crippen molar-refractivity contribution in [2.75, 3.05) is 0 Å². The molecule has 0 aromatic heterocycles. The normalized spacial score (nSPS) is 10.3. The van der Waals surface area contributed by atoms with Crippen molar-refractivity contribution in [1.82, 2.24) is 0 Å². The lowest BCUT2D eigenvalue weighted by molar-refractivity contribution is -0.131. The van der Waals surface area contributed by atoms with Crippen molar-refractivity contribution in [3.63, 3.8) is 0 Å². The predicted octanol–water partition coefficient (Wildman–Crippen LogP) is 1.10. The molecule has 0 radical (unpaired) electrons. The average molecular weight is 137 g/mol. The zero-order chi connectivity index (χ0) is 7.82. The number of carbonyl (C=O) groups is 1. The number of carboxylic acid groups (broad SMARTS) is 1. The summed E-state index contributed by atoms with van der Waals surface area (Å²) in [6, 6.07) is 1.79. The van der Waals surface area contributed by atoms with Crippen LogP contribution in [0.25, 0.3) is 0 Å². The van der Waals surface area contributed by atoms with Crippen molar-refractivity contribution in [1.29, 1.82) is 5.26 Å². The minimum absolute atomic E-state index is 0.486. The molecule has 0 aliphatic carbocycles. The smallest absolute Gasteiger partial charge is 0.327 e. The van der Waals surface area contributed by atoms with Gasteiger partial charge in [0.2, 0.25) is 0 Å². The maximum Gasteiger partial charge on any atom is 0.327 e. The van der Waals surface area contributed by atoms with Crippen molar-refractivity contribution in [2.45, 2.75) is 6.42 Å². The third-order valence-corrected chi connectivity index (χ3v) is 0.725. The van der Waals surface area contributed by atoms with Crippen LogP contribution in [0.15, 0.2) is 24.3 Å². The van der Waals surface area contributed by atoms with Crippen molar-refractivity contribution in [3.05, 3.63) is 24.3 Å². The van der Waals surface area contributed by atoms with Gasteiger partial charge in [-0.1, -0.05) is 12.2 Å². The van der Waals surface area contributed by atoms with Crippen LogP contribution in [-0.4, -0.2) is 11.1 Å². The Morgan fingerprint density at radius 3 is 2.80 bits per heavy atom. The van der Waals surface area contributed by atoms with E-state index in [1.807, 2.05) is 0 Å². The average Bonchev–Trinajstić information content (AvgIpc) is 1.87. The first kappa shape index (κ1) is 8.44. The number of nitrogens with zero attached hydrogens (tertiary/aromatic N) is 1. The van der Waals surface area contributed by atoms with Crippen LogP contribution in [0.1, 0.15) is 6.42 Å². The SMILES string of the molecule is N#C/C=C/CC=CC(=O)O. The highest BCUT2D eigenvalue weighted by atomic mass is 16.4. The van der Waals surface area contributed by atoms with Crippen molar-refractivity contribution >= 4 is 5.97 Å². The Hall–Kier alpha value is -1.56. The van der Waals surface area contributed by atoms with E-state index in [9.17, 15) is 4.79 Å². The fourth-order valence-electron chi connectivity index (χ4n) is 0.368. The molecule has 0 fully saturated rings. The molecule has 0 spiro atoms. The molecule has 10 heavy (non-hydrogen) atoms. The largest absolute Gasteiger partial charge is 0.478 e. The van der Waals surface area contributed by atoms with E-state index in [4.69, 9.17) is 10.4 Å². The number of carboxylic acids is 1. The van der Waals surface area contributed by atoms with Crippen molar-refractivity contribution < 1.29 is 9.90 Å². The van der Waals surface area contributed by atoms with E-state index in [0.717, 1.165) is 6.08 Å². The molecule has 52 valence electrons. The van der Waals surface area contributed by atoms with Gasteiger partial charge in [0, 0.05) is 12.2 Å². The third-order valence-electron chi connectivity index (χ3n) is 0.725. The summed E-state index contributed by atoms with van der Waals surface area (Å²) in [7, 11) is 0. The zero-order valence-electron chi connectivity index (χ0n) is 5.32. The fourth-order valence-corrected chi connectivity index (χ4v) is 0.368. The second-order valence-corrected chi connectivity index (χ2v) is 1.51. The summed E-state index contributed by atoms with van der Waals surface area (Å²) in [6.45, 7) is 0. The molecule has 0 saturated heterocycles. The van der Waals surface area contributed by atoms with E-state index in [0.29, 0.717) is 6.42 Å². The van der Waals surface area contributed by atoms with Crippen molar-refractivity contribution in [3.8, 4) is 6.07 Å². The Labute approximate surface area is 58.9 Å². The van der Waals surface area contributed by atoms with Crippen LogP contribution in [0.4, 0.5) is 0 Å². The van der Waals surface area contributed by atoms with E-state index in [2.05, 4.69) is 0 Å². The van der Waals surface area contributed by atoms with Crippen LogP contribution in [0.2, 0.25) is 0 Å². The maximum absolute atomic E-state index is 9.86. The van der Waals surface area contributed by atoms with E-state index in [1.165, 1.54) is 12.2 Å². The number of hydrogen-bond donors (Lipinski definition) is 1. The third kappa shape index (κ3) is 6.44. The molecule has 0 aromatic rings. The Kier molecular flexibility index (Phi) is 4.70. The summed E-state index contributed by atoms with van der Waals surface area (Å²) in [6.07, 6.45) is 5.89. The molecule has 0 aliphatic rings. The summed E-state index contributed by atoms with van der Waals surface area (Å²) < 4.78 is 0. The molecule has 1 N–H and O–H groups in total. The molecule has 0 heterocycles. The number of rotatable bonds is 3. The van der Waals surface area contributed by atoms with Gasteiger partial charge in [0.25, 0.3) is 0 Å². The second kappa shape index (κ2) is 5.57. The zero-order valence-corrected chi connectivity index (χ0v) is 5.32. The van der Waals surface area contributed by atoms with Crippen LogP contribution in [0.5, 0.6) is 0 Å². The van der Waals surface area contributed by atoms with Gasteiger partial charge in [-0.25, -0.2) is 4.79 Å². The summed E-state index contributed by atoms with van der Waals surface area (Å²) in [5.74, 6) is -0.967. The summed E-state index contributed by atoms with van der Waals surface area (Å²) in [4.78, 5) is 9.86. The fraction of sp³-hybridized carbons (Fsp3) is 0.143. The summed E-state index contributed by atoms with van der Waals surface area (Å²) in [5.41, 5.74) is 0. The lowest BCUT2D eigenvalue weighted by Gasteiger charge is -1.76. The topological polar surface area (TPSA) is 61.1 Å². The van der Waals surface area contributed by atoms with E-state index in [-0.39, 0.29) is 0 Å². The molecule has 0 unspecified atom stereocenters. The molecule has 0 saturated carbocycles. The van der Waals surface area contributed by atoms with Gasteiger partial charge in [0.15, 0.2) is 0 Å². The van der Waals surface area contributed by atoms with Crippen LogP contribution in [-0.2, 0) is 4.79 Å². The van der Waals surface area contributed by atoms with Gasteiger partial charge < -0.3 is 5.11 Å². The molecule has 0 aromatic carbocycles. The lowest BCUT2D eigenvalue weighted by Crippen LogP contribution is -1.84. The molecule has 3 nitrogen and oxygen atoms in total. The Morgan fingerprint density at radius 2 is 2.30 bits per heavy atom. The van der Waals surface area contributed by atoms with Crippen LogP contribution < -0.4 is 0 Å². The van der Waals surface area contributed by atoms with Gasteiger partial charge in [-0.05, 0) is 6.42 Å². The van der Waals surface area contributed by atoms with Crippen LogP contribution >= 0.6 is 0 Å². The monoisotopic (exact) mass is 137 g/mol. The number of hydrogen-bond acceptors (Lipinski definition) is 2. The molecule has 0 bridgehead atoms. The second-order valence-electron chi connectivity index (χ2n) is 1.51. The molecule has 0 amide bonds. The minimum atomic E-state index is -0.967. The Balaban J connectivity index is 3.47. The first-order valence-electron chi connectivity index (χ1n) is 2.71. The van der Waals surface area contributed by atoms with Gasteiger partial charge in [-0.3, -0.25) is 0 Å². The summed E-state index contributed by atoms with van der Waals surface area (Å²) >= 11 is 0. The lowest BCUT2D eigenvalue weighted by atomic mass is 10.3. The van der Waals surface area contributed by atoms with Gasteiger partial charge in [0.1, 0.15) is 0 Å². The minimum Gasteiger partial charge on any atom is -0.478 e. The maximum atomic E-state index is 9.86.